The summed E-state index contributed by atoms with van der Waals surface area (Å²) < 4.78 is 0. The molecular formula is C17H30IN5OS. The second-order valence-corrected chi connectivity index (χ2v) is 7.64. The molecule has 1 fully saturated rings. The van der Waals surface area contributed by atoms with Gasteiger partial charge in [0.2, 0.25) is 5.91 Å². The predicted octanol–water partition coefficient (Wildman–Crippen LogP) is 2.77. The van der Waals surface area contributed by atoms with Crippen molar-refractivity contribution in [2.75, 3.05) is 20.6 Å². The summed E-state index contributed by atoms with van der Waals surface area (Å²) in [6, 6.07) is 0.414. The van der Waals surface area contributed by atoms with Gasteiger partial charge in [-0.1, -0.05) is 19.8 Å². The quantitative estimate of drug-likeness (QED) is 0.387. The number of nitrogens with zero attached hydrogens (tertiary/aromatic N) is 3. The van der Waals surface area contributed by atoms with E-state index in [0.717, 1.165) is 17.1 Å². The van der Waals surface area contributed by atoms with Crippen LogP contribution in [0.15, 0.2) is 10.4 Å². The van der Waals surface area contributed by atoms with E-state index in [-0.39, 0.29) is 36.4 Å². The average Bonchev–Trinajstić information content (AvgIpc) is 2.97. The van der Waals surface area contributed by atoms with Crippen LogP contribution in [0.25, 0.3) is 0 Å². The fraction of sp³-hybridized carbons (Fsp3) is 0.706. The number of hydrogen-bond acceptors (Lipinski definition) is 4. The highest BCUT2D eigenvalue weighted by molar-refractivity contribution is 14.0. The second-order valence-electron chi connectivity index (χ2n) is 6.70. The summed E-state index contributed by atoms with van der Waals surface area (Å²) in [6.07, 6.45) is 4.95. The molecule has 2 unspecified atom stereocenters. The van der Waals surface area contributed by atoms with E-state index in [4.69, 9.17) is 0 Å². The monoisotopic (exact) mass is 479 g/mol. The largest absolute Gasteiger partial charge is 0.353 e. The molecule has 142 valence electrons. The first-order chi connectivity index (χ1) is 11.5. The Balaban J connectivity index is 0.00000312. The van der Waals surface area contributed by atoms with E-state index >= 15 is 0 Å². The standard InChI is InChI=1S/C17H29N5OS.HI/c1-12-7-5-6-8-14(12)21-17(19-10-16(23)22(3)4)18-9-15-20-13(2)11-24-15;/h11-12,14H,5-10H2,1-4H3,(H2,18,19,21);1H. The SMILES string of the molecule is Cc1csc(CNC(=NCC(=O)N(C)C)NC2CCCCC2C)n1.I. The molecule has 0 saturated heterocycles. The molecule has 1 aromatic heterocycles. The molecule has 8 heteroatoms. The van der Waals surface area contributed by atoms with E-state index in [1.807, 2.05) is 12.3 Å². The summed E-state index contributed by atoms with van der Waals surface area (Å²) in [6.45, 7) is 5.05. The number of amides is 1. The normalized spacial score (nSPS) is 20.6. The van der Waals surface area contributed by atoms with Crippen LogP contribution < -0.4 is 10.6 Å². The van der Waals surface area contributed by atoms with E-state index < -0.39 is 0 Å². The highest BCUT2D eigenvalue weighted by Crippen LogP contribution is 2.23. The van der Waals surface area contributed by atoms with Gasteiger partial charge in [0.05, 0.1) is 6.54 Å². The van der Waals surface area contributed by atoms with Gasteiger partial charge in [-0.15, -0.1) is 35.3 Å². The number of rotatable bonds is 5. The van der Waals surface area contributed by atoms with Crippen LogP contribution in [0.2, 0.25) is 0 Å². The highest BCUT2D eigenvalue weighted by Gasteiger charge is 2.22. The first-order valence-corrected chi connectivity index (χ1v) is 9.49. The number of carbonyl (C=O) groups is 1. The van der Waals surface area contributed by atoms with Gasteiger partial charge in [0.15, 0.2) is 5.96 Å². The van der Waals surface area contributed by atoms with Crippen molar-refractivity contribution in [2.24, 2.45) is 10.9 Å². The zero-order valence-corrected chi connectivity index (χ0v) is 18.7. The minimum atomic E-state index is -0.00196. The van der Waals surface area contributed by atoms with E-state index in [2.05, 4.69) is 27.5 Å². The summed E-state index contributed by atoms with van der Waals surface area (Å²) in [5, 5.41) is 9.92. The maximum absolute atomic E-state index is 11.8. The molecule has 1 aliphatic rings. The average molecular weight is 479 g/mol. The Morgan fingerprint density at radius 1 is 1.40 bits per heavy atom. The van der Waals surface area contributed by atoms with Gasteiger partial charge in [-0.25, -0.2) is 9.98 Å². The maximum Gasteiger partial charge on any atom is 0.243 e. The minimum Gasteiger partial charge on any atom is -0.353 e. The van der Waals surface area contributed by atoms with Crippen LogP contribution in [0.3, 0.4) is 0 Å². The third-order valence-corrected chi connectivity index (χ3v) is 5.35. The molecule has 2 atom stereocenters. The lowest BCUT2D eigenvalue weighted by molar-refractivity contribution is -0.127. The number of likely N-dealkylation sites (N-methyl/N-ethyl adjacent to an activating group) is 1. The lowest BCUT2D eigenvalue weighted by Gasteiger charge is -2.30. The Hall–Kier alpha value is -0.900. The highest BCUT2D eigenvalue weighted by atomic mass is 127. The van der Waals surface area contributed by atoms with Crippen molar-refractivity contribution in [3.05, 3.63) is 16.1 Å². The molecule has 1 amide bonds. The van der Waals surface area contributed by atoms with Crippen LogP contribution in [0, 0.1) is 12.8 Å². The zero-order chi connectivity index (χ0) is 17.5. The molecule has 6 nitrogen and oxygen atoms in total. The molecule has 0 aromatic carbocycles. The molecule has 2 N–H and O–H groups in total. The second kappa shape index (κ2) is 10.9. The summed E-state index contributed by atoms with van der Waals surface area (Å²) in [4.78, 5) is 22.3. The number of nitrogens with one attached hydrogen (secondary N) is 2. The topological polar surface area (TPSA) is 69.6 Å². The molecular weight excluding hydrogens is 449 g/mol. The minimum absolute atomic E-state index is 0. The summed E-state index contributed by atoms with van der Waals surface area (Å²) in [5.74, 6) is 1.33. The molecule has 25 heavy (non-hydrogen) atoms. The van der Waals surface area contributed by atoms with Gasteiger partial charge in [-0.2, -0.15) is 0 Å². The number of guanidine groups is 1. The van der Waals surface area contributed by atoms with Gasteiger partial charge in [0, 0.05) is 31.2 Å². The molecule has 2 rings (SSSR count). The number of carbonyl (C=O) groups excluding carboxylic acids is 1. The van der Waals surface area contributed by atoms with Gasteiger partial charge >= 0.3 is 0 Å². The molecule has 1 aromatic rings. The van der Waals surface area contributed by atoms with Gasteiger partial charge < -0.3 is 15.5 Å². The fourth-order valence-electron chi connectivity index (χ4n) is 2.79. The number of halogens is 1. The number of hydrogen-bond donors (Lipinski definition) is 2. The first kappa shape index (κ1) is 22.1. The van der Waals surface area contributed by atoms with E-state index in [0.29, 0.717) is 24.5 Å². The van der Waals surface area contributed by atoms with Crippen LogP contribution >= 0.6 is 35.3 Å². The molecule has 1 aliphatic carbocycles. The molecule has 1 saturated carbocycles. The van der Waals surface area contributed by atoms with Crippen LogP contribution in [0.4, 0.5) is 0 Å². The van der Waals surface area contributed by atoms with E-state index in [9.17, 15) is 4.79 Å². The van der Waals surface area contributed by atoms with Crippen molar-refractivity contribution in [3.8, 4) is 0 Å². The van der Waals surface area contributed by atoms with Gasteiger partial charge in [0.1, 0.15) is 11.6 Å². The van der Waals surface area contributed by atoms with Gasteiger partial charge in [0.25, 0.3) is 0 Å². The van der Waals surface area contributed by atoms with Crippen LogP contribution in [0.5, 0.6) is 0 Å². The number of aryl methyl sites for hydroxylation is 1. The lowest BCUT2D eigenvalue weighted by Crippen LogP contribution is -2.47. The third kappa shape index (κ3) is 7.47. The Morgan fingerprint density at radius 2 is 2.12 bits per heavy atom. The first-order valence-electron chi connectivity index (χ1n) is 8.61. The summed E-state index contributed by atoms with van der Waals surface area (Å²) in [7, 11) is 3.50. The predicted molar refractivity (Wildman–Crippen MR) is 115 cm³/mol. The zero-order valence-electron chi connectivity index (χ0n) is 15.5. The number of aliphatic imine (C=N–C) groups is 1. The number of thiazole rings is 1. The van der Waals surface area contributed by atoms with Gasteiger partial charge in [-0.3, -0.25) is 4.79 Å². The van der Waals surface area contributed by atoms with Gasteiger partial charge in [-0.05, 0) is 25.7 Å². The van der Waals surface area contributed by atoms with Crippen LogP contribution in [0.1, 0.15) is 43.3 Å². The Bertz CT molecular complexity index is 575. The van der Waals surface area contributed by atoms with Crippen molar-refractivity contribution >= 4 is 47.2 Å². The number of aromatic nitrogens is 1. The molecule has 0 spiro atoms. The molecule has 1 heterocycles. The molecule has 0 aliphatic heterocycles. The lowest BCUT2D eigenvalue weighted by atomic mass is 9.86. The van der Waals surface area contributed by atoms with Crippen molar-refractivity contribution < 1.29 is 4.79 Å². The Kier molecular flexibility index (Phi) is 9.70. The van der Waals surface area contributed by atoms with Crippen LogP contribution in [-0.2, 0) is 11.3 Å². The third-order valence-electron chi connectivity index (χ3n) is 4.38. The summed E-state index contributed by atoms with van der Waals surface area (Å²) >= 11 is 1.64. The van der Waals surface area contributed by atoms with E-state index in [1.165, 1.54) is 19.3 Å². The van der Waals surface area contributed by atoms with Crippen molar-refractivity contribution in [3.63, 3.8) is 0 Å². The fourth-order valence-corrected chi connectivity index (χ4v) is 3.50. The Morgan fingerprint density at radius 3 is 2.72 bits per heavy atom. The van der Waals surface area contributed by atoms with Crippen LogP contribution in [-0.4, -0.2) is 48.4 Å². The van der Waals surface area contributed by atoms with E-state index in [1.54, 1.807) is 30.3 Å². The summed E-state index contributed by atoms with van der Waals surface area (Å²) in [5.41, 5.74) is 1.03. The van der Waals surface area contributed by atoms with Crippen molar-refractivity contribution in [2.45, 2.75) is 52.1 Å². The van der Waals surface area contributed by atoms with Crippen molar-refractivity contribution in [1.82, 2.24) is 20.5 Å². The molecule has 0 bridgehead atoms. The maximum atomic E-state index is 11.8. The van der Waals surface area contributed by atoms with Crippen molar-refractivity contribution in [1.29, 1.82) is 0 Å². The smallest absolute Gasteiger partial charge is 0.243 e. The Labute approximate surface area is 171 Å². The molecule has 0 radical (unpaired) electrons.